The molecule has 6 nitrogen and oxygen atoms in total. The number of benzene rings is 2. The molecule has 0 bridgehead atoms. The van der Waals surface area contributed by atoms with Gasteiger partial charge in [-0.2, -0.15) is 0 Å². The van der Waals surface area contributed by atoms with Gasteiger partial charge in [0.15, 0.2) is 5.96 Å². The Labute approximate surface area is 185 Å². The highest BCUT2D eigenvalue weighted by Gasteiger charge is 2.06. The fourth-order valence-corrected chi connectivity index (χ4v) is 2.59. The van der Waals surface area contributed by atoms with E-state index in [1.807, 2.05) is 32.3 Å². The number of nitrogens with zero attached hydrogens (tertiary/aromatic N) is 2. The summed E-state index contributed by atoms with van der Waals surface area (Å²) in [5, 5.41) is 6.64. The second kappa shape index (κ2) is 12.3. The molecular weight excluding hydrogens is 467 g/mol. The lowest BCUT2D eigenvalue weighted by Gasteiger charge is -2.15. The predicted octanol–water partition coefficient (Wildman–Crippen LogP) is 3.64. The quantitative estimate of drug-likeness (QED) is 0.331. The van der Waals surface area contributed by atoms with E-state index < -0.39 is 0 Å². The molecule has 0 aliphatic heterocycles. The number of hydrogen-bond donors (Lipinski definition) is 2. The molecule has 0 heterocycles. The van der Waals surface area contributed by atoms with E-state index in [0.29, 0.717) is 13.1 Å². The fourth-order valence-electron chi connectivity index (χ4n) is 2.59. The highest BCUT2D eigenvalue weighted by Crippen LogP contribution is 2.24. The summed E-state index contributed by atoms with van der Waals surface area (Å²) in [6, 6.07) is 14.2. The van der Waals surface area contributed by atoms with E-state index in [1.54, 1.807) is 14.2 Å². The van der Waals surface area contributed by atoms with Crippen molar-refractivity contribution in [1.29, 1.82) is 0 Å². The minimum Gasteiger partial charge on any atom is -0.497 e. The highest BCUT2D eigenvalue weighted by molar-refractivity contribution is 14.0. The average molecular weight is 498 g/mol. The topological polar surface area (TPSA) is 58.1 Å². The van der Waals surface area contributed by atoms with Crippen LogP contribution in [0.1, 0.15) is 18.1 Å². The molecule has 7 heteroatoms. The number of guanidine groups is 1. The van der Waals surface area contributed by atoms with Crippen LogP contribution in [0.5, 0.6) is 11.5 Å². The van der Waals surface area contributed by atoms with Gasteiger partial charge in [0, 0.05) is 44.5 Å². The molecule has 154 valence electrons. The first-order chi connectivity index (χ1) is 13.1. The monoisotopic (exact) mass is 498 g/mol. The van der Waals surface area contributed by atoms with Gasteiger partial charge in [-0.3, -0.25) is 0 Å². The minimum absolute atomic E-state index is 0. The molecule has 2 rings (SSSR count). The molecule has 2 aromatic carbocycles. The van der Waals surface area contributed by atoms with Crippen LogP contribution in [0, 0.1) is 0 Å². The Balaban J connectivity index is 0.00000392. The van der Waals surface area contributed by atoms with Crippen molar-refractivity contribution in [2.24, 2.45) is 4.99 Å². The Kier molecular flexibility index (Phi) is 10.5. The first-order valence-corrected chi connectivity index (χ1v) is 9.06. The van der Waals surface area contributed by atoms with Crippen molar-refractivity contribution in [2.75, 3.05) is 39.8 Å². The van der Waals surface area contributed by atoms with Crippen LogP contribution in [0.15, 0.2) is 47.5 Å². The zero-order valence-corrected chi connectivity index (χ0v) is 19.6. The Morgan fingerprint density at radius 1 is 1.00 bits per heavy atom. The lowest BCUT2D eigenvalue weighted by molar-refractivity contribution is 0.390. The van der Waals surface area contributed by atoms with Crippen molar-refractivity contribution in [3.8, 4) is 11.5 Å². The van der Waals surface area contributed by atoms with Crippen LogP contribution in [0.25, 0.3) is 0 Å². The SMILES string of the molecule is CCNC(=NCc1ccc(N(C)C)cc1)NCc1ccc(OC)cc1OC.I. The summed E-state index contributed by atoms with van der Waals surface area (Å²) in [6.45, 7) is 4.07. The molecule has 0 aromatic heterocycles. The average Bonchev–Trinajstić information content (AvgIpc) is 2.70. The Morgan fingerprint density at radius 2 is 1.71 bits per heavy atom. The molecule has 0 spiro atoms. The van der Waals surface area contributed by atoms with Crippen molar-refractivity contribution in [3.05, 3.63) is 53.6 Å². The maximum absolute atomic E-state index is 5.46. The van der Waals surface area contributed by atoms with Crippen LogP contribution in [-0.2, 0) is 13.1 Å². The number of nitrogens with one attached hydrogen (secondary N) is 2. The van der Waals surface area contributed by atoms with Gasteiger partial charge >= 0.3 is 0 Å². The van der Waals surface area contributed by atoms with Gasteiger partial charge in [-0.1, -0.05) is 12.1 Å². The number of rotatable bonds is 8. The fraction of sp³-hybridized carbons (Fsp3) is 0.381. The Hall–Kier alpha value is -2.16. The lowest BCUT2D eigenvalue weighted by Crippen LogP contribution is -2.36. The molecule has 0 saturated carbocycles. The van der Waals surface area contributed by atoms with Crippen molar-refractivity contribution in [2.45, 2.75) is 20.0 Å². The Bertz CT molecular complexity index is 749. The Morgan fingerprint density at radius 3 is 2.29 bits per heavy atom. The van der Waals surface area contributed by atoms with Crippen LogP contribution in [0.2, 0.25) is 0 Å². The normalized spacial score (nSPS) is 10.7. The maximum Gasteiger partial charge on any atom is 0.191 e. The van der Waals surface area contributed by atoms with Gasteiger partial charge in [0.25, 0.3) is 0 Å². The van der Waals surface area contributed by atoms with Gasteiger partial charge < -0.3 is 25.0 Å². The van der Waals surface area contributed by atoms with Crippen molar-refractivity contribution < 1.29 is 9.47 Å². The van der Waals surface area contributed by atoms with Crippen molar-refractivity contribution in [1.82, 2.24) is 10.6 Å². The van der Waals surface area contributed by atoms with Gasteiger partial charge in [0.1, 0.15) is 11.5 Å². The summed E-state index contributed by atoms with van der Waals surface area (Å²) < 4.78 is 10.7. The summed E-state index contributed by atoms with van der Waals surface area (Å²) in [5.41, 5.74) is 3.39. The molecule has 2 aromatic rings. The molecule has 0 radical (unpaired) electrons. The molecule has 0 aliphatic carbocycles. The van der Waals surface area contributed by atoms with Crippen molar-refractivity contribution >= 4 is 35.6 Å². The summed E-state index contributed by atoms with van der Waals surface area (Å²) >= 11 is 0. The summed E-state index contributed by atoms with van der Waals surface area (Å²) in [7, 11) is 7.38. The molecule has 0 aliphatic rings. The molecule has 2 N–H and O–H groups in total. The minimum atomic E-state index is 0. The molecular formula is C21H31IN4O2. The zero-order chi connectivity index (χ0) is 19.6. The van der Waals surface area contributed by atoms with E-state index in [-0.39, 0.29) is 24.0 Å². The maximum atomic E-state index is 5.46. The van der Waals surface area contributed by atoms with E-state index >= 15 is 0 Å². The van der Waals surface area contributed by atoms with Gasteiger partial charge in [0.2, 0.25) is 0 Å². The highest BCUT2D eigenvalue weighted by atomic mass is 127. The number of aliphatic imine (C=N–C) groups is 1. The number of hydrogen-bond acceptors (Lipinski definition) is 4. The molecule has 28 heavy (non-hydrogen) atoms. The first kappa shape index (κ1) is 23.9. The number of halogens is 1. The van der Waals surface area contributed by atoms with Gasteiger partial charge in [-0.05, 0) is 36.8 Å². The van der Waals surface area contributed by atoms with E-state index in [1.165, 1.54) is 11.3 Å². The van der Waals surface area contributed by atoms with Crippen LogP contribution in [0.3, 0.4) is 0 Å². The summed E-state index contributed by atoms with van der Waals surface area (Å²) in [4.78, 5) is 6.76. The molecule has 0 fully saturated rings. The zero-order valence-electron chi connectivity index (χ0n) is 17.3. The van der Waals surface area contributed by atoms with Gasteiger partial charge in [0.05, 0.1) is 20.8 Å². The smallest absolute Gasteiger partial charge is 0.191 e. The number of anilines is 1. The molecule has 0 saturated heterocycles. The molecule has 0 amide bonds. The van der Waals surface area contributed by atoms with Crippen LogP contribution < -0.4 is 25.0 Å². The second-order valence-corrected chi connectivity index (χ2v) is 6.29. The third-order valence-corrected chi connectivity index (χ3v) is 4.16. The number of methoxy groups -OCH3 is 2. The lowest BCUT2D eigenvalue weighted by atomic mass is 10.2. The van der Waals surface area contributed by atoms with Crippen LogP contribution in [-0.4, -0.2) is 40.8 Å². The third kappa shape index (κ3) is 7.10. The van der Waals surface area contributed by atoms with E-state index in [9.17, 15) is 0 Å². The standard InChI is InChI=1S/C21H30N4O2.HI/c1-6-22-21(23-14-16-7-10-18(11-8-16)25(2)3)24-15-17-9-12-19(26-4)13-20(17)27-5;/h7-13H,6,14-15H2,1-5H3,(H2,22,23,24);1H. The van der Waals surface area contributed by atoms with Crippen molar-refractivity contribution in [3.63, 3.8) is 0 Å². The molecule has 0 atom stereocenters. The van der Waals surface area contributed by atoms with Gasteiger partial charge in [-0.25, -0.2) is 4.99 Å². The number of ether oxygens (including phenoxy) is 2. The van der Waals surface area contributed by atoms with E-state index in [0.717, 1.165) is 29.6 Å². The summed E-state index contributed by atoms with van der Waals surface area (Å²) in [6.07, 6.45) is 0. The molecule has 0 unspecified atom stereocenters. The summed E-state index contributed by atoms with van der Waals surface area (Å²) in [5.74, 6) is 2.33. The largest absolute Gasteiger partial charge is 0.497 e. The van der Waals surface area contributed by atoms with E-state index in [2.05, 4.69) is 51.7 Å². The van der Waals surface area contributed by atoms with E-state index in [4.69, 9.17) is 9.47 Å². The van der Waals surface area contributed by atoms with Crippen LogP contribution >= 0.6 is 24.0 Å². The van der Waals surface area contributed by atoms with Crippen LogP contribution in [0.4, 0.5) is 5.69 Å². The first-order valence-electron chi connectivity index (χ1n) is 9.06. The van der Waals surface area contributed by atoms with Gasteiger partial charge in [-0.15, -0.1) is 24.0 Å². The third-order valence-electron chi connectivity index (χ3n) is 4.16. The predicted molar refractivity (Wildman–Crippen MR) is 127 cm³/mol. The second-order valence-electron chi connectivity index (χ2n) is 6.29.